The summed E-state index contributed by atoms with van der Waals surface area (Å²) in [6.07, 6.45) is 1.60. The SMILES string of the molecule is C=CCOc1cccc([C@@H]2c3c(oc4ccc(F)cc4c3=O)C(=O)N2c2nc(C)c(C(C)=O)s2)c1. The highest BCUT2D eigenvalue weighted by Crippen LogP contribution is 2.43. The van der Waals surface area contributed by atoms with Crippen LogP contribution in [0, 0.1) is 12.7 Å². The van der Waals surface area contributed by atoms with E-state index in [2.05, 4.69) is 11.6 Å². The number of halogens is 1. The molecule has 0 N–H and O–H groups in total. The lowest BCUT2D eigenvalue weighted by Gasteiger charge is -2.23. The van der Waals surface area contributed by atoms with Gasteiger partial charge in [-0.3, -0.25) is 19.3 Å². The van der Waals surface area contributed by atoms with Crippen LogP contribution in [0.5, 0.6) is 5.75 Å². The van der Waals surface area contributed by atoms with Crippen molar-refractivity contribution in [3.05, 3.63) is 98.6 Å². The summed E-state index contributed by atoms with van der Waals surface area (Å²) in [6, 6.07) is 9.61. The van der Waals surface area contributed by atoms with Gasteiger partial charge < -0.3 is 9.15 Å². The fourth-order valence-electron chi connectivity index (χ4n) is 4.20. The quantitative estimate of drug-likeness (QED) is 0.272. The van der Waals surface area contributed by atoms with Gasteiger partial charge in [-0.25, -0.2) is 9.37 Å². The number of nitrogens with zero attached hydrogens (tertiary/aromatic N) is 2. The van der Waals surface area contributed by atoms with Gasteiger partial charge in [0.2, 0.25) is 5.76 Å². The van der Waals surface area contributed by atoms with E-state index in [0.717, 1.165) is 23.5 Å². The summed E-state index contributed by atoms with van der Waals surface area (Å²) in [4.78, 5) is 45.5. The lowest BCUT2D eigenvalue weighted by atomic mass is 9.98. The molecule has 0 radical (unpaired) electrons. The number of ether oxygens (including phenoxy) is 1. The van der Waals surface area contributed by atoms with Crippen LogP contribution in [0.2, 0.25) is 0 Å². The largest absolute Gasteiger partial charge is 0.490 e. The van der Waals surface area contributed by atoms with Gasteiger partial charge in [0.25, 0.3) is 5.91 Å². The van der Waals surface area contributed by atoms with Crippen LogP contribution in [-0.2, 0) is 0 Å². The zero-order valence-electron chi connectivity index (χ0n) is 18.8. The maximum absolute atomic E-state index is 14.0. The van der Waals surface area contributed by atoms with Crippen molar-refractivity contribution in [1.29, 1.82) is 0 Å². The molecule has 1 aliphatic rings. The number of hydrogen-bond donors (Lipinski definition) is 0. The van der Waals surface area contributed by atoms with E-state index < -0.39 is 23.2 Å². The summed E-state index contributed by atoms with van der Waals surface area (Å²) >= 11 is 1.06. The maximum atomic E-state index is 14.0. The molecular formula is C26H19FN2O5S. The Morgan fingerprint density at radius 2 is 2.09 bits per heavy atom. The normalized spacial score (nSPS) is 14.9. The fourth-order valence-corrected chi connectivity index (χ4v) is 5.19. The number of benzene rings is 2. The number of Topliss-reactive ketones (excluding diaryl/α,β-unsaturated/α-hetero) is 1. The number of ketones is 1. The van der Waals surface area contributed by atoms with Crippen molar-refractivity contribution in [2.75, 3.05) is 11.5 Å². The van der Waals surface area contributed by atoms with E-state index >= 15 is 0 Å². The second-order valence-corrected chi connectivity index (χ2v) is 9.01. The van der Waals surface area contributed by atoms with Crippen LogP contribution < -0.4 is 15.1 Å². The molecular weight excluding hydrogens is 471 g/mol. The Morgan fingerprint density at radius 3 is 2.80 bits per heavy atom. The molecule has 7 nitrogen and oxygen atoms in total. The van der Waals surface area contributed by atoms with Gasteiger partial charge in [-0.1, -0.05) is 36.1 Å². The van der Waals surface area contributed by atoms with Crippen molar-refractivity contribution >= 4 is 39.1 Å². The third-order valence-electron chi connectivity index (χ3n) is 5.69. The minimum atomic E-state index is -0.918. The first kappa shape index (κ1) is 22.7. The highest BCUT2D eigenvalue weighted by atomic mass is 32.1. The van der Waals surface area contributed by atoms with Gasteiger partial charge in [0.05, 0.1) is 27.6 Å². The first-order valence-corrected chi connectivity index (χ1v) is 11.5. The number of thiazole rings is 1. The van der Waals surface area contributed by atoms with E-state index in [1.165, 1.54) is 17.9 Å². The molecule has 2 aromatic heterocycles. The number of aromatic nitrogens is 1. The summed E-state index contributed by atoms with van der Waals surface area (Å²) in [5.41, 5.74) is 0.714. The topological polar surface area (TPSA) is 89.7 Å². The molecule has 0 fully saturated rings. The molecule has 1 aliphatic heterocycles. The Balaban J connectivity index is 1.77. The number of hydrogen-bond acceptors (Lipinski definition) is 7. The molecule has 1 atom stereocenters. The van der Waals surface area contributed by atoms with Crippen LogP contribution in [-0.4, -0.2) is 23.3 Å². The number of carbonyl (C=O) groups is 2. The van der Waals surface area contributed by atoms with Gasteiger partial charge in [-0.2, -0.15) is 0 Å². The average molecular weight is 491 g/mol. The van der Waals surface area contributed by atoms with E-state index in [9.17, 15) is 18.8 Å². The molecule has 0 aliphatic carbocycles. The monoisotopic (exact) mass is 490 g/mol. The van der Waals surface area contributed by atoms with Crippen molar-refractivity contribution in [3.8, 4) is 5.75 Å². The predicted octanol–water partition coefficient (Wildman–Crippen LogP) is 5.21. The number of rotatable bonds is 6. The molecule has 35 heavy (non-hydrogen) atoms. The number of carbonyl (C=O) groups excluding carboxylic acids is 2. The summed E-state index contributed by atoms with van der Waals surface area (Å²) in [7, 11) is 0. The van der Waals surface area contributed by atoms with Gasteiger partial charge in [-0.05, 0) is 42.8 Å². The second kappa shape index (κ2) is 8.59. The smallest absolute Gasteiger partial charge is 0.297 e. The van der Waals surface area contributed by atoms with Gasteiger partial charge in [0.1, 0.15) is 23.8 Å². The van der Waals surface area contributed by atoms with Gasteiger partial charge in [0, 0.05) is 6.92 Å². The molecule has 9 heteroatoms. The van der Waals surface area contributed by atoms with Crippen molar-refractivity contribution < 1.29 is 23.1 Å². The van der Waals surface area contributed by atoms with E-state index in [0.29, 0.717) is 21.9 Å². The average Bonchev–Trinajstić information content (AvgIpc) is 3.36. The zero-order valence-corrected chi connectivity index (χ0v) is 19.6. The van der Waals surface area contributed by atoms with Crippen LogP contribution in [0.15, 0.2) is 64.3 Å². The Hall–Kier alpha value is -4.11. The van der Waals surface area contributed by atoms with Crippen LogP contribution >= 0.6 is 11.3 Å². The van der Waals surface area contributed by atoms with E-state index in [1.54, 1.807) is 37.3 Å². The molecule has 176 valence electrons. The van der Waals surface area contributed by atoms with Crippen molar-refractivity contribution in [2.24, 2.45) is 0 Å². The lowest BCUT2D eigenvalue weighted by molar-refractivity contribution is 0.0969. The fraction of sp³-hybridized carbons (Fsp3) is 0.154. The van der Waals surface area contributed by atoms with Crippen molar-refractivity contribution in [3.63, 3.8) is 0 Å². The highest BCUT2D eigenvalue weighted by molar-refractivity contribution is 7.17. The van der Waals surface area contributed by atoms with E-state index in [-0.39, 0.29) is 39.8 Å². The third kappa shape index (κ3) is 3.74. The van der Waals surface area contributed by atoms with Crippen LogP contribution in [0.4, 0.5) is 9.52 Å². The molecule has 3 heterocycles. The second-order valence-electron chi connectivity index (χ2n) is 8.03. The molecule has 0 bridgehead atoms. The summed E-state index contributed by atoms with van der Waals surface area (Å²) in [5.74, 6) is -0.978. The Kier molecular flexibility index (Phi) is 5.56. The maximum Gasteiger partial charge on any atom is 0.297 e. The first-order chi connectivity index (χ1) is 16.8. The third-order valence-corrected chi connectivity index (χ3v) is 6.94. The van der Waals surface area contributed by atoms with Crippen LogP contribution in [0.3, 0.4) is 0 Å². The molecule has 4 aromatic rings. The minimum absolute atomic E-state index is 0.0298. The van der Waals surface area contributed by atoms with Gasteiger partial charge >= 0.3 is 0 Å². The summed E-state index contributed by atoms with van der Waals surface area (Å²) < 4.78 is 25.5. The number of amides is 1. The molecule has 2 aromatic carbocycles. The Bertz CT molecular complexity index is 1590. The van der Waals surface area contributed by atoms with Gasteiger partial charge in [-0.15, -0.1) is 0 Å². The first-order valence-electron chi connectivity index (χ1n) is 10.7. The van der Waals surface area contributed by atoms with Crippen molar-refractivity contribution in [2.45, 2.75) is 19.9 Å². The molecule has 0 spiro atoms. The number of fused-ring (bicyclic) bond motifs is 2. The minimum Gasteiger partial charge on any atom is -0.490 e. The molecule has 5 rings (SSSR count). The van der Waals surface area contributed by atoms with Crippen LogP contribution in [0.25, 0.3) is 11.0 Å². The standard InChI is InChI=1S/C26H19FN2O5S/c1-4-10-33-17-7-5-6-15(11-17)21-20-22(31)18-12-16(27)8-9-19(18)34-23(20)25(32)29(21)26-28-13(2)24(35-26)14(3)30/h4-9,11-12,21H,1,10H2,2-3H3/t21-/m1/s1. The molecule has 0 saturated carbocycles. The van der Waals surface area contributed by atoms with E-state index in [1.807, 2.05) is 0 Å². The summed E-state index contributed by atoms with van der Waals surface area (Å²) in [5, 5.41) is 0.281. The Morgan fingerprint density at radius 1 is 1.29 bits per heavy atom. The zero-order chi connectivity index (χ0) is 24.9. The molecule has 0 unspecified atom stereocenters. The van der Waals surface area contributed by atoms with E-state index in [4.69, 9.17) is 9.15 Å². The van der Waals surface area contributed by atoms with Gasteiger partial charge in [0.15, 0.2) is 16.3 Å². The highest BCUT2D eigenvalue weighted by Gasteiger charge is 2.45. The molecule has 0 saturated heterocycles. The lowest BCUT2D eigenvalue weighted by Crippen LogP contribution is -2.29. The number of anilines is 1. The van der Waals surface area contributed by atoms with Crippen molar-refractivity contribution in [1.82, 2.24) is 4.98 Å². The number of aryl methyl sites for hydroxylation is 1. The Labute approximate surface area is 203 Å². The van der Waals surface area contributed by atoms with Crippen LogP contribution in [0.1, 0.15) is 50.0 Å². The predicted molar refractivity (Wildman–Crippen MR) is 130 cm³/mol. The molecule has 1 amide bonds. The summed E-state index contributed by atoms with van der Waals surface area (Å²) in [6.45, 7) is 7.02.